The smallest absolute Gasteiger partial charge is 0.376 e. The monoisotopic (exact) mass is 825 g/mol. The fourth-order valence-electron chi connectivity index (χ4n) is 6.65. The summed E-state index contributed by atoms with van der Waals surface area (Å²) < 4.78 is 21.6. The van der Waals surface area contributed by atoms with Crippen molar-refractivity contribution in [2.45, 2.75) is 238 Å². The maximum absolute atomic E-state index is 12.6. The molecule has 0 saturated carbocycles. The Morgan fingerprint density at radius 2 is 1.02 bits per heavy atom. The molecule has 0 spiro atoms. The molecule has 56 heavy (non-hydrogen) atoms. The normalized spacial score (nSPS) is 15.1. The molecule has 12 nitrogen and oxygen atoms in total. The molecule has 0 saturated heterocycles. The van der Waals surface area contributed by atoms with E-state index >= 15 is 0 Å². The van der Waals surface area contributed by atoms with E-state index in [1.165, 1.54) is 128 Å². The Morgan fingerprint density at radius 1 is 0.589 bits per heavy atom. The average molecular weight is 825 g/mol. The van der Waals surface area contributed by atoms with Gasteiger partial charge in [0.25, 0.3) is 0 Å². The first-order valence-corrected chi connectivity index (χ1v) is 24.6. The predicted molar refractivity (Wildman–Crippen MR) is 226 cm³/mol. The number of phosphoric acid groups is 1. The van der Waals surface area contributed by atoms with Crippen LogP contribution in [-0.4, -0.2) is 83.9 Å². The van der Waals surface area contributed by atoms with E-state index < -0.39 is 39.7 Å². The number of ether oxygens (including phenoxy) is 2. The second-order valence-corrected chi connectivity index (χ2v) is 17.1. The first-order valence-electron chi connectivity index (χ1n) is 23.1. The number of aliphatic hydroxyl groups is 3. The van der Waals surface area contributed by atoms with E-state index in [0.717, 1.165) is 38.5 Å². The highest BCUT2D eigenvalue weighted by Crippen LogP contribution is 2.47. The molecule has 0 fully saturated rings. The average Bonchev–Trinajstić information content (AvgIpc) is 3.17. The summed E-state index contributed by atoms with van der Waals surface area (Å²) >= 11 is 0. The molecule has 0 aliphatic heterocycles. The molecule has 1 amide bonds. The second-order valence-electron chi connectivity index (χ2n) is 15.6. The van der Waals surface area contributed by atoms with Crippen molar-refractivity contribution < 1.29 is 48.4 Å². The summed E-state index contributed by atoms with van der Waals surface area (Å²) in [6, 6.07) is 0. The molecule has 0 bridgehead atoms. The zero-order chi connectivity index (χ0) is 41.4. The Bertz CT molecular complexity index is 832. The van der Waals surface area contributed by atoms with Gasteiger partial charge in [-0.25, -0.2) is 0 Å². The first-order chi connectivity index (χ1) is 27.1. The minimum absolute atomic E-state index is 0.0175. The van der Waals surface area contributed by atoms with Gasteiger partial charge >= 0.3 is 8.17 Å². The third-order valence-corrected chi connectivity index (χ3v) is 11.1. The number of unbranched alkanes of at least 4 members (excludes halogenated alkanes) is 24. The molecule has 0 rings (SSSR count). The summed E-state index contributed by atoms with van der Waals surface area (Å²) in [4.78, 5) is 34.8. The highest BCUT2D eigenvalue weighted by Gasteiger charge is 2.30. The highest BCUT2D eigenvalue weighted by atomic mass is 31.2. The highest BCUT2D eigenvalue weighted by molar-refractivity contribution is 7.52. The maximum Gasteiger partial charge on any atom is 0.376 e. The zero-order valence-corrected chi connectivity index (χ0v) is 37.1. The zero-order valence-electron chi connectivity index (χ0n) is 36.2. The maximum atomic E-state index is 12.6. The SMILES string of the molecule is CCCCCCCCCCCCCCC[C@@H](O)O[C@H](CO[C@@H](O)CCCCCCCCCCCCCCC)CO[P+]([O-])(O)OCCNC(=O)CC[C@@H](O)NCC. The molecule has 0 aromatic rings. The number of aliphatic hydroxyl groups excluding tert-OH is 3. The van der Waals surface area contributed by atoms with E-state index in [0.29, 0.717) is 19.4 Å². The number of carbonyl (C=O) groups excluding carboxylic acids is 1. The van der Waals surface area contributed by atoms with Crippen LogP contribution in [0.5, 0.6) is 0 Å². The number of hydrogen-bond acceptors (Lipinski definition) is 11. The van der Waals surface area contributed by atoms with Crippen LogP contribution in [0.1, 0.15) is 213 Å². The molecule has 0 aliphatic carbocycles. The quantitative estimate of drug-likeness (QED) is 0.0196. The van der Waals surface area contributed by atoms with E-state index in [4.69, 9.17) is 18.5 Å². The second kappa shape index (κ2) is 41.2. The largest absolute Gasteiger partial charge is 0.606 e. The number of amides is 1. The summed E-state index contributed by atoms with van der Waals surface area (Å²) in [5.41, 5.74) is 0. The van der Waals surface area contributed by atoms with Crippen LogP contribution in [0.2, 0.25) is 0 Å². The third-order valence-electron chi connectivity index (χ3n) is 10.1. The van der Waals surface area contributed by atoms with Crippen molar-refractivity contribution in [1.82, 2.24) is 10.6 Å². The molecule has 0 heterocycles. The van der Waals surface area contributed by atoms with Crippen LogP contribution in [0.3, 0.4) is 0 Å². The molecule has 6 N–H and O–H groups in total. The van der Waals surface area contributed by atoms with Gasteiger partial charge in [-0.1, -0.05) is 175 Å². The van der Waals surface area contributed by atoms with Gasteiger partial charge in [-0.2, -0.15) is 13.9 Å². The van der Waals surface area contributed by atoms with Gasteiger partial charge < -0.3 is 35.0 Å². The molecule has 336 valence electrons. The Morgan fingerprint density at radius 3 is 1.46 bits per heavy atom. The van der Waals surface area contributed by atoms with E-state index in [2.05, 4.69) is 24.5 Å². The van der Waals surface area contributed by atoms with Crippen molar-refractivity contribution in [2.24, 2.45) is 0 Å². The van der Waals surface area contributed by atoms with Gasteiger partial charge in [0.2, 0.25) is 5.91 Å². The third kappa shape index (κ3) is 40.3. The van der Waals surface area contributed by atoms with Gasteiger partial charge in [-0.3, -0.25) is 10.1 Å². The molecule has 0 aliphatic rings. The van der Waals surface area contributed by atoms with Crippen LogP contribution in [0.15, 0.2) is 0 Å². The van der Waals surface area contributed by atoms with Crippen LogP contribution in [0.4, 0.5) is 0 Å². The Hall–Kier alpha value is -0.500. The Labute approximate surface area is 343 Å². The summed E-state index contributed by atoms with van der Waals surface area (Å²) in [6.07, 6.45) is 29.4. The summed E-state index contributed by atoms with van der Waals surface area (Å²) in [5, 5.41) is 36.2. The molecule has 5 atom stereocenters. The Kier molecular flexibility index (Phi) is 40.9. The van der Waals surface area contributed by atoms with Gasteiger partial charge in [0.15, 0.2) is 12.6 Å². The van der Waals surface area contributed by atoms with Gasteiger partial charge in [0.05, 0.1) is 6.61 Å². The van der Waals surface area contributed by atoms with E-state index in [1.807, 2.05) is 6.92 Å². The van der Waals surface area contributed by atoms with E-state index in [1.54, 1.807) is 0 Å². The van der Waals surface area contributed by atoms with Crippen LogP contribution < -0.4 is 15.5 Å². The minimum Gasteiger partial charge on any atom is -0.606 e. The Balaban J connectivity index is 4.52. The van der Waals surface area contributed by atoms with Crippen molar-refractivity contribution in [3.05, 3.63) is 0 Å². The number of hydrogen-bond donors (Lipinski definition) is 6. The fraction of sp³-hybridized carbons (Fsp3) is 0.977. The number of rotatable bonds is 45. The van der Waals surface area contributed by atoms with Gasteiger partial charge in [-0.05, 0) is 38.6 Å². The molecular formula is C43H89N2O10P. The topological polar surface area (TPSA) is 182 Å². The lowest BCUT2D eigenvalue weighted by Gasteiger charge is -2.25. The number of carbonyl (C=O) groups is 1. The van der Waals surface area contributed by atoms with Gasteiger partial charge in [0, 0.05) is 13.0 Å². The van der Waals surface area contributed by atoms with Crippen molar-refractivity contribution in [2.75, 3.05) is 32.9 Å². The van der Waals surface area contributed by atoms with Crippen LogP contribution >= 0.6 is 8.17 Å². The van der Waals surface area contributed by atoms with Gasteiger partial charge in [-0.15, -0.1) is 0 Å². The molecule has 13 heteroatoms. The molecule has 0 aromatic heterocycles. The van der Waals surface area contributed by atoms with Crippen molar-refractivity contribution >= 4 is 14.1 Å². The number of phosphoric ester groups is 1. The lowest BCUT2D eigenvalue weighted by Crippen LogP contribution is -2.34. The van der Waals surface area contributed by atoms with E-state index in [9.17, 15) is 29.9 Å². The molecular weight excluding hydrogens is 735 g/mol. The lowest BCUT2D eigenvalue weighted by molar-refractivity contribution is -0.250. The van der Waals surface area contributed by atoms with Crippen LogP contribution in [0.25, 0.3) is 0 Å². The number of nitrogens with one attached hydrogen (secondary N) is 2. The fourth-order valence-corrected chi connectivity index (χ4v) is 7.40. The van der Waals surface area contributed by atoms with E-state index in [-0.39, 0.29) is 38.5 Å². The van der Waals surface area contributed by atoms with Crippen molar-refractivity contribution in [3.63, 3.8) is 0 Å². The summed E-state index contributed by atoms with van der Waals surface area (Å²) in [7, 11) is -4.51. The predicted octanol–water partition coefficient (Wildman–Crippen LogP) is 8.88. The standard InChI is InChI=1S/C43H89N2O10P/c1-4-7-9-11-13-15-17-19-21-23-25-27-29-31-42(48)52-37-39(38-54-56(50,51)53-36-35-45-41(47)34-33-40(46)44-6-3)55-43(49)32-30-28-26-24-22-20-18-16-14-12-10-8-5-2/h39-40,42-44,46,48-49H,4-38H2,1-3H3,(H,45,47)(H,50,51)/t39-,40-,42-,43+/m1/s1. The molecule has 0 aromatic carbocycles. The van der Waals surface area contributed by atoms with Crippen LogP contribution in [-0.2, 0) is 23.3 Å². The van der Waals surface area contributed by atoms with Gasteiger partial charge in [0.1, 0.15) is 25.5 Å². The first kappa shape index (κ1) is 55.5. The van der Waals surface area contributed by atoms with Crippen LogP contribution in [0, 0.1) is 0 Å². The minimum atomic E-state index is -4.51. The van der Waals surface area contributed by atoms with Crippen molar-refractivity contribution in [1.29, 1.82) is 0 Å². The summed E-state index contributed by atoms with van der Waals surface area (Å²) in [5.74, 6) is -0.320. The molecule has 0 radical (unpaired) electrons. The molecule has 1 unspecified atom stereocenters. The van der Waals surface area contributed by atoms with Crippen molar-refractivity contribution in [3.8, 4) is 0 Å². The summed E-state index contributed by atoms with van der Waals surface area (Å²) in [6.45, 7) is 6.11. The lowest BCUT2D eigenvalue weighted by atomic mass is 10.0.